The number of phenols is 1. The maximum absolute atomic E-state index is 15.5. The lowest BCUT2D eigenvalue weighted by Crippen LogP contribution is -2.49. The minimum absolute atomic E-state index is 0.00821. The number of rotatable bonds is 5. The summed E-state index contributed by atoms with van der Waals surface area (Å²) in [7, 11) is 0. The normalized spacial score (nSPS) is 18.4. The summed E-state index contributed by atoms with van der Waals surface area (Å²) >= 11 is 18.5. The van der Waals surface area contributed by atoms with Crippen LogP contribution in [-0.2, 0) is 4.79 Å². The van der Waals surface area contributed by atoms with Gasteiger partial charge in [-0.15, -0.1) is 0 Å². The molecule has 0 radical (unpaired) electrons. The van der Waals surface area contributed by atoms with E-state index in [9.17, 15) is 24.3 Å². The van der Waals surface area contributed by atoms with Crippen LogP contribution in [0.2, 0.25) is 15.1 Å². The zero-order valence-electron chi connectivity index (χ0n) is 24.4. The van der Waals surface area contributed by atoms with E-state index in [1.165, 1.54) is 16.7 Å². The zero-order valence-corrected chi connectivity index (χ0v) is 26.7. The minimum atomic E-state index is -1.36. The van der Waals surface area contributed by atoms with Crippen molar-refractivity contribution in [1.29, 1.82) is 5.26 Å². The summed E-state index contributed by atoms with van der Waals surface area (Å²) in [5.41, 5.74) is -0.976. The molecule has 1 N–H and O–H groups in total. The number of nitriles is 1. The largest absolute Gasteiger partial charge is 0.505 e. The number of aromatic nitrogens is 2. The van der Waals surface area contributed by atoms with Crippen molar-refractivity contribution >= 4 is 63.1 Å². The molecule has 2 aromatic heterocycles. The van der Waals surface area contributed by atoms with Gasteiger partial charge in [-0.25, -0.2) is 13.8 Å². The van der Waals surface area contributed by atoms with Gasteiger partial charge in [0.05, 0.1) is 28.0 Å². The summed E-state index contributed by atoms with van der Waals surface area (Å²) < 4.78 is 31.2. The molecule has 234 valence electrons. The Morgan fingerprint density at radius 3 is 2.44 bits per heavy atom. The van der Waals surface area contributed by atoms with Gasteiger partial charge in [0.2, 0.25) is 5.91 Å². The number of carbonyl (C=O) groups is 1. The van der Waals surface area contributed by atoms with Crippen LogP contribution < -0.4 is 10.5 Å². The Balaban J connectivity index is 1.88. The highest BCUT2D eigenvalue weighted by Crippen LogP contribution is 2.46. The average molecular weight is 676 g/mol. The van der Waals surface area contributed by atoms with E-state index < -0.39 is 44.6 Å². The molecule has 1 unspecified atom stereocenters. The number of hydrogen-bond acceptors (Lipinski definition) is 7. The van der Waals surface area contributed by atoms with Gasteiger partial charge in [-0.2, -0.15) is 5.26 Å². The quantitative estimate of drug-likeness (QED) is 0.187. The Bertz CT molecular complexity index is 1900. The van der Waals surface area contributed by atoms with Crippen LogP contribution in [0.1, 0.15) is 32.4 Å². The second-order valence-corrected chi connectivity index (χ2v) is 12.2. The first-order chi connectivity index (χ1) is 21.3. The number of anilines is 1. The van der Waals surface area contributed by atoms with Crippen molar-refractivity contribution in [3.63, 3.8) is 0 Å². The first-order valence-electron chi connectivity index (χ1n) is 14.0. The Kier molecular flexibility index (Phi) is 8.95. The van der Waals surface area contributed by atoms with E-state index in [4.69, 9.17) is 34.8 Å². The van der Waals surface area contributed by atoms with Gasteiger partial charge in [0.1, 0.15) is 33.1 Å². The van der Waals surface area contributed by atoms with Crippen LogP contribution in [0, 0.1) is 34.8 Å². The highest BCUT2D eigenvalue weighted by Gasteiger charge is 2.35. The number of nitrogens with zero attached hydrogens (tertiary/aromatic N) is 6. The molecule has 0 saturated carbocycles. The Labute approximate surface area is 272 Å². The third-order valence-electron chi connectivity index (χ3n) is 8.07. The molecule has 4 heterocycles. The third kappa shape index (κ3) is 5.35. The lowest BCUT2D eigenvalue weighted by Gasteiger charge is -2.37. The van der Waals surface area contributed by atoms with Crippen LogP contribution in [0.15, 0.2) is 40.8 Å². The summed E-state index contributed by atoms with van der Waals surface area (Å²) in [6.07, 6.45) is 4.68. The standard InChI is InChI=1S/C31H27Cl3F2N6O3/c1-5-19(43)40-8-10-41(11-9-40)28-16-12-18(32)26(20-23(35)21(33)24(36)22(34)29(20)44)39-30(16)42(31(45)17(28)13-37)27-15(4)6-7-38-25(27)14(2)3/h5-7,12,14-15,27,44H,1,8-11H2,2-4H3/t15-,27?/m1/s1. The Morgan fingerprint density at radius 2 is 1.84 bits per heavy atom. The Hall–Kier alpha value is -3.98. The number of fused-ring (bicyclic) bond motifs is 1. The number of aliphatic imine (C=N–C) groups is 1. The van der Waals surface area contributed by atoms with Crippen molar-refractivity contribution in [2.75, 3.05) is 31.1 Å². The fourth-order valence-corrected chi connectivity index (χ4v) is 6.51. The number of amides is 1. The van der Waals surface area contributed by atoms with Crippen molar-refractivity contribution in [3.05, 3.63) is 73.6 Å². The summed E-state index contributed by atoms with van der Waals surface area (Å²) in [4.78, 5) is 39.2. The second kappa shape index (κ2) is 12.4. The Morgan fingerprint density at radius 1 is 1.18 bits per heavy atom. The molecule has 14 heteroatoms. The molecule has 3 aromatic rings. The number of halogens is 5. The number of allylic oxidation sites excluding steroid dienone is 1. The summed E-state index contributed by atoms with van der Waals surface area (Å²) in [6.45, 7) is 10.4. The van der Waals surface area contributed by atoms with E-state index in [0.717, 1.165) is 0 Å². The number of benzene rings is 1. The molecule has 1 fully saturated rings. The first-order valence-corrected chi connectivity index (χ1v) is 15.1. The fourth-order valence-electron chi connectivity index (χ4n) is 5.84. The van der Waals surface area contributed by atoms with Crippen molar-refractivity contribution in [1.82, 2.24) is 14.5 Å². The van der Waals surface area contributed by atoms with E-state index in [1.54, 1.807) is 16.0 Å². The number of carbonyl (C=O) groups excluding carboxylic acids is 1. The SMILES string of the molecule is C=CC(=O)N1CCN(c2c(C#N)c(=O)n(C3C(C(C)C)=NC=C[C@H]3C)c3nc(-c4c(O)c(Cl)c(F)c(Cl)c4F)c(Cl)cc23)CC1. The van der Waals surface area contributed by atoms with Crippen LogP contribution in [0.5, 0.6) is 5.75 Å². The van der Waals surface area contributed by atoms with Gasteiger partial charge >= 0.3 is 0 Å². The number of phenolic OH excluding ortho intramolecular Hbond substituents is 1. The fraction of sp³-hybridized carbons (Fsp3) is 0.323. The maximum Gasteiger partial charge on any atom is 0.272 e. The predicted octanol–water partition coefficient (Wildman–Crippen LogP) is 6.52. The molecule has 9 nitrogen and oxygen atoms in total. The van der Waals surface area contributed by atoms with Crippen LogP contribution in [0.3, 0.4) is 0 Å². The summed E-state index contributed by atoms with van der Waals surface area (Å²) in [5.74, 6) is -4.34. The second-order valence-electron chi connectivity index (χ2n) is 11.1. The number of piperazine rings is 1. The van der Waals surface area contributed by atoms with E-state index in [2.05, 4.69) is 22.6 Å². The van der Waals surface area contributed by atoms with Gasteiger partial charge in [0.25, 0.3) is 5.56 Å². The van der Waals surface area contributed by atoms with Gasteiger partial charge in [-0.05, 0) is 18.1 Å². The molecule has 0 spiro atoms. The van der Waals surface area contributed by atoms with E-state index in [-0.39, 0.29) is 63.8 Å². The number of pyridine rings is 2. The zero-order chi connectivity index (χ0) is 32.9. The molecule has 1 saturated heterocycles. The molecule has 0 bridgehead atoms. The van der Waals surface area contributed by atoms with Crippen LogP contribution in [0.25, 0.3) is 22.3 Å². The van der Waals surface area contributed by atoms with E-state index >= 15 is 4.39 Å². The summed E-state index contributed by atoms with van der Waals surface area (Å²) in [6, 6.07) is 2.77. The lowest BCUT2D eigenvalue weighted by atomic mass is 9.88. The molecule has 2 aliphatic rings. The van der Waals surface area contributed by atoms with E-state index in [0.29, 0.717) is 18.8 Å². The van der Waals surface area contributed by atoms with Gasteiger partial charge in [0, 0.05) is 49.4 Å². The van der Waals surface area contributed by atoms with Crippen molar-refractivity contribution in [2.45, 2.75) is 26.8 Å². The topological polar surface area (TPSA) is 115 Å². The molecule has 1 aromatic carbocycles. The van der Waals surface area contributed by atoms with Gasteiger partial charge in [-0.1, -0.05) is 68.2 Å². The third-order valence-corrected chi connectivity index (χ3v) is 9.03. The molecular formula is C31H27Cl3F2N6O3. The van der Waals surface area contributed by atoms with Gasteiger partial charge < -0.3 is 14.9 Å². The van der Waals surface area contributed by atoms with Crippen molar-refractivity contribution < 1.29 is 18.7 Å². The van der Waals surface area contributed by atoms with Gasteiger partial charge in [0.15, 0.2) is 11.6 Å². The van der Waals surface area contributed by atoms with Crippen molar-refractivity contribution in [2.24, 2.45) is 16.8 Å². The molecule has 1 amide bonds. The van der Waals surface area contributed by atoms with Crippen LogP contribution >= 0.6 is 34.8 Å². The monoisotopic (exact) mass is 674 g/mol. The highest BCUT2D eigenvalue weighted by atomic mass is 35.5. The molecule has 0 aliphatic carbocycles. The molecule has 45 heavy (non-hydrogen) atoms. The van der Waals surface area contributed by atoms with Crippen LogP contribution in [0.4, 0.5) is 14.5 Å². The smallest absolute Gasteiger partial charge is 0.272 e. The maximum atomic E-state index is 15.5. The molecule has 2 atom stereocenters. The molecule has 5 rings (SSSR count). The first kappa shape index (κ1) is 32.4. The summed E-state index contributed by atoms with van der Waals surface area (Å²) in [5, 5.41) is 19.4. The number of hydrogen-bond donors (Lipinski definition) is 1. The lowest BCUT2D eigenvalue weighted by molar-refractivity contribution is -0.126. The van der Waals surface area contributed by atoms with Gasteiger partial charge in [-0.3, -0.25) is 19.1 Å². The number of aromatic hydroxyl groups is 1. The highest BCUT2D eigenvalue weighted by molar-refractivity contribution is 6.37. The minimum Gasteiger partial charge on any atom is -0.505 e. The van der Waals surface area contributed by atoms with Crippen LogP contribution in [-0.4, -0.2) is 57.4 Å². The average Bonchev–Trinajstić information content (AvgIpc) is 3.02. The van der Waals surface area contributed by atoms with E-state index in [1.807, 2.05) is 26.8 Å². The van der Waals surface area contributed by atoms with Crippen molar-refractivity contribution in [3.8, 4) is 23.1 Å². The molecule has 2 aliphatic heterocycles. The predicted molar refractivity (Wildman–Crippen MR) is 171 cm³/mol. The molecular weight excluding hydrogens is 649 g/mol.